The van der Waals surface area contributed by atoms with Gasteiger partial charge in [0.05, 0.1) is 66.7 Å². The number of carbonyl (C=O) groups is 3. The lowest BCUT2D eigenvalue weighted by atomic mass is 10.2. The summed E-state index contributed by atoms with van der Waals surface area (Å²) in [6, 6.07) is 18.2. The van der Waals surface area contributed by atoms with Gasteiger partial charge in [0.25, 0.3) is 0 Å². The second-order valence-corrected chi connectivity index (χ2v) is 11.2. The molecular formula is C34H32Cl2F3N9O6. The van der Waals surface area contributed by atoms with Gasteiger partial charge in [0, 0.05) is 21.7 Å². The SMILES string of the molecule is CF.COC(=O)c1cn(Cc2c(Cl)cccc2Cl)nn1.COC(=O)c1cn(Cc2cc(F)cc(F)c2)nn1.COC(=O)c1cn(Cc2ccccc2)nn1. The van der Waals surface area contributed by atoms with Gasteiger partial charge in [-0.3, -0.25) is 4.39 Å². The lowest BCUT2D eigenvalue weighted by Gasteiger charge is -2.05. The Hall–Kier alpha value is -6.14. The van der Waals surface area contributed by atoms with Gasteiger partial charge in [-0.05, 0) is 35.4 Å². The zero-order valence-corrected chi connectivity index (χ0v) is 30.6. The summed E-state index contributed by atoms with van der Waals surface area (Å²) in [5.74, 6) is -2.96. The van der Waals surface area contributed by atoms with Gasteiger partial charge in [-0.1, -0.05) is 75.2 Å². The third-order valence-corrected chi connectivity index (χ3v) is 7.34. The first kappa shape index (κ1) is 42.3. The van der Waals surface area contributed by atoms with Crippen molar-refractivity contribution in [1.29, 1.82) is 0 Å². The number of carbonyl (C=O) groups excluding carboxylic acids is 3. The number of hydrogen-bond acceptors (Lipinski definition) is 12. The van der Waals surface area contributed by atoms with Gasteiger partial charge in [-0.25, -0.2) is 37.2 Å². The van der Waals surface area contributed by atoms with Gasteiger partial charge in [0.15, 0.2) is 17.1 Å². The summed E-state index contributed by atoms with van der Waals surface area (Å²) < 4.78 is 53.3. The maximum atomic E-state index is 13.0. The van der Waals surface area contributed by atoms with Crippen LogP contribution in [0, 0.1) is 11.6 Å². The van der Waals surface area contributed by atoms with Crippen molar-refractivity contribution in [3.63, 3.8) is 0 Å². The average molecular weight is 791 g/mol. The number of rotatable bonds is 9. The van der Waals surface area contributed by atoms with E-state index in [1.165, 1.54) is 55.2 Å². The molecule has 284 valence electrons. The topological polar surface area (TPSA) is 171 Å². The monoisotopic (exact) mass is 789 g/mol. The Balaban J connectivity index is 0.000000213. The highest BCUT2D eigenvalue weighted by atomic mass is 35.5. The van der Waals surface area contributed by atoms with Crippen molar-refractivity contribution >= 4 is 41.1 Å². The van der Waals surface area contributed by atoms with Crippen LogP contribution in [-0.4, -0.2) is 91.4 Å². The van der Waals surface area contributed by atoms with E-state index in [9.17, 15) is 27.6 Å². The van der Waals surface area contributed by atoms with Crippen LogP contribution in [0.3, 0.4) is 0 Å². The van der Waals surface area contributed by atoms with Gasteiger partial charge >= 0.3 is 17.9 Å². The molecule has 0 saturated heterocycles. The van der Waals surface area contributed by atoms with E-state index in [-0.39, 0.29) is 23.6 Å². The molecule has 15 nitrogen and oxygen atoms in total. The number of halogens is 5. The highest BCUT2D eigenvalue weighted by molar-refractivity contribution is 6.36. The largest absolute Gasteiger partial charge is 0.464 e. The molecule has 6 rings (SSSR count). The third-order valence-electron chi connectivity index (χ3n) is 6.64. The smallest absolute Gasteiger partial charge is 0.360 e. The number of ether oxygens (including phenoxy) is 3. The molecule has 0 N–H and O–H groups in total. The highest BCUT2D eigenvalue weighted by Gasteiger charge is 2.14. The van der Waals surface area contributed by atoms with Crippen molar-refractivity contribution in [2.24, 2.45) is 0 Å². The number of nitrogens with zero attached hydrogens (tertiary/aromatic N) is 9. The number of aromatic nitrogens is 9. The fraction of sp³-hybridized carbons (Fsp3) is 0.206. The lowest BCUT2D eigenvalue weighted by Crippen LogP contribution is -2.02. The predicted octanol–water partition coefficient (Wildman–Crippen LogP) is 5.51. The van der Waals surface area contributed by atoms with Crippen LogP contribution in [0.25, 0.3) is 0 Å². The molecular weight excluding hydrogens is 758 g/mol. The fourth-order valence-corrected chi connectivity index (χ4v) is 4.74. The van der Waals surface area contributed by atoms with E-state index in [2.05, 4.69) is 45.1 Å². The fourth-order valence-electron chi connectivity index (χ4n) is 4.23. The van der Waals surface area contributed by atoms with E-state index in [4.69, 9.17) is 23.2 Å². The van der Waals surface area contributed by atoms with Crippen molar-refractivity contribution in [2.75, 3.05) is 28.5 Å². The quantitative estimate of drug-likeness (QED) is 0.133. The van der Waals surface area contributed by atoms with Crippen LogP contribution in [0.4, 0.5) is 13.2 Å². The molecule has 0 saturated carbocycles. The number of esters is 3. The van der Waals surface area contributed by atoms with Crippen LogP contribution in [0.1, 0.15) is 48.2 Å². The minimum absolute atomic E-state index is 0.0365. The molecule has 0 radical (unpaired) electrons. The first-order valence-electron chi connectivity index (χ1n) is 15.2. The summed E-state index contributed by atoms with van der Waals surface area (Å²) in [6.07, 6.45) is 4.39. The summed E-state index contributed by atoms with van der Waals surface area (Å²) in [5, 5.41) is 23.4. The van der Waals surface area contributed by atoms with E-state index in [1.807, 2.05) is 30.3 Å². The molecule has 3 aromatic carbocycles. The molecule has 20 heteroatoms. The standard InChI is InChI=1S/C11H9Cl2N3O2.C11H9F2N3O2.C11H11N3O2.CH3F/c1-18-11(17)10-6-16(15-14-10)5-7-8(12)3-2-4-9(7)13;1-18-11(17)10-6-16(15-14-10)5-7-2-8(12)4-9(13)3-7;1-16-11(15)10-8-14(13-12-10)7-9-5-3-2-4-6-9;1-2/h2*2-4,6H,5H2,1H3;2-6,8H,7H2,1H3;1H3. The minimum Gasteiger partial charge on any atom is -0.464 e. The van der Waals surface area contributed by atoms with E-state index >= 15 is 0 Å². The Kier molecular flexibility index (Phi) is 16.8. The third kappa shape index (κ3) is 12.8. The Bertz CT molecular complexity index is 2090. The van der Waals surface area contributed by atoms with Crippen LogP contribution < -0.4 is 0 Å². The first-order chi connectivity index (χ1) is 26.0. The Morgan fingerprint density at radius 1 is 0.574 bits per heavy atom. The van der Waals surface area contributed by atoms with E-state index in [0.717, 1.165) is 17.2 Å². The van der Waals surface area contributed by atoms with Gasteiger partial charge < -0.3 is 14.2 Å². The number of methoxy groups -OCH3 is 3. The average Bonchev–Trinajstić information content (AvgIpc) is 3.96. The zero-order valence-electron chi connectivity index (χ0n) is 29.1. The molecule has 0 aliphatic rings. The molecule has 3 aromatic heterocycles. The second-order valence-electron chi connectivity index (χ2n) is 10.3. The van der Waals surface area contributed by atoms with Gasteiger partial charge in [0.2, 0.25) is 0 Å². The Morgan fingerprint density at radius 3 is 1.37 bits per heavy atom. The number of hydrogen-bond donors (Lipinski definition) is 0. The van der Waals surface area contributed by atoms with Crippen LogP contribution in [-0.2, 0) is 33.8 Å². The molecule has 0 amide bonds. The van der Waals surface area contributed by atoms with Crippen molar-refractivity contribution in [3.8, 4) is 0 Å². The molecule has 0 bridgehead atoms. The van der Waals surface area contributed by atoms with Crippen molar-refractivity contribution in [2.45, 2.75) is 19.6 Å². The summed E-state index contributed by atoms with van der Waals surface area (Å²) in [7, 11) is 4.33. The van der Waals surface area contributed by atoms with Gasteiger partial charge in [0.1, 0.15) is 11.6 Å². The Labute approximate surface area is 316 Å². The molecule has 0 fully saturated rings. The molecule has 0 aliphatic carbocycles. The maximum Gasteiger partial charge on any atom is 0.360 e. The number of alkyl halides is 1. The molecule has 54 heavy (non-hydrogen) atoms. The molecule has 0 atom stereocenters. The van der Waals surface area contributed by atoms with Gasteiger partial charge in [-0.2, -0.15) is 0 Å². The molecule has 6 aromatic rings. The van der Waals surface area contributed by atoms with E-state index < -0.39 is 29.5 Å². The van der Waals surface area contributed by atoms with E-state index in [1.54, 1.807) is 29.1 Å². The van der Waals surface area contributed by atoms with Gasteiger partial charge in [-0.15, -0.1) is 15.3 Å². The van der Waals surface area contributed by atoms with Crippen LogP contribution >= 0.6 is 23.2 Å². The van der Waals surface area contributed by atoms with Crippen LogP contribution in [0.2, 0.25) is 10.0 Å². The summed E-state index contributed by atoms with van der Waals surface area (Å²) in [5.41, 5.74) is 2.60. The first-order valence-corrected chi connectivity index (χ1v) is 16.0. The molecule has 3 heterocycles. The normalized spacial score (nSPS) is 10.0. The second kappa shape index (κ2) is 21.4. The molecule has 0 unspecified atom stereocenters. The number of benzene rings is 3. The molecule has 0 aliphatic heterocycles. The van der Waals surface area contributed by atoms with Crippen LogP contribution in [0.15, 0.2) is 85.3 Å². The van der Waals surface area contributed by atoms with Crippen molar-refractivity contribution < 1.29 is 41.8 Å². The highest BCUT2D eigenvalue weighted by Crippen LogP contribution is 2.24. The predicted molar refractivity (Wildman–Crippen MR) is 188 cm³/mol. The minimum atomic E-state index is -0.668. The van der Waals surface area contributed by atoms with Crippen molar-refractivity contribution in [1.82, 2.24) is 45.0 Å². The molecule has 0 spiro atoms. The summed E-state index contributed by atoms with van der Waals surface area (Å²) >= 11 is 12.1. The Morgan fingerprint density at radius 2 is 0.963 bits per heavy atom. The van der Waals surface area contributed by atoms with Crippen molar-refractivity contribution in [3.05, 3.63) is 141 Å². The maximum absolute atomic E-state index is 13.0. The van der Waals surface area contributed by atoms with Crippen LogP contribution in [0.5, 0.6) is 0 Å². The van der Waals surface area contributed by atoms with E-state index in [0.29, 0.717) is 35.9 Å². The summed E-state index contributed by atoms with van der Waals surface area (Å²) in [4.78, 5) is 33.5. The zero-order chi connectivity index (χ0) is 39.6. The lowest BCUT2D eigenvalue weighted by molar-refractivity contribution is 0.0585. The summed E-state index contributed by atoms with van der Waals surface area (Å²) in [6.45, 7) is 1.03.